The molecule has 2 aromatic rings. The second-order valence-electron chi connectivity index (χ2n) is 6.32. The molecule has 1 amide bonds. The molecule has 24 heavy (non-hydrogen) atoms. The normalized spacial score (nSPS) is 14.8. The van der Waals surface area contributed by atoms with E-state index in [1.54, 1.807) is 16.5 Å². The first kappa shape index (κ1) is 16.3. The molecule has 3 rings (SSSR count). The van der Waals surface area contributed by atoms with Gasteiger partial charge in [0.1, 0.15) is 5.56 Å². The number of amides is 1. The monoisotopic (exact) mass is 325 g/mol. The topological polar surface area (TPSA) is 45.6 Å². The van der Waals surface area contributed by atoms with Crippen LogP contribution in [0.3, 0.4) is 0 Å². The van der Waals surface area contributed by atoms with Gasteiger partial charge in [-0.05, 0) is 37.6 Å². The Balaban J connectivity index is 1.77. The molecule has 0 saturated carbocycles. The van der Waals surface area contributed by atoms with E-state index in [0.29, 0.717) is 18.7 Å². The van der Waals surface area contributed by atoms with Crippen molar-refractivity contribution in [3.05, 3.63) is 63.6 Å². The molecular weight excluding hydrogens is 302 g/mol. The summed E-state index contributed by atoms with van der Waals surface area (Å²) in [7, 11) is 1.71. The maximum absolute atomic E-state index is 12.8. The highest BCUT2D eigenvalue weighted by Crippen LogP contribution is 2.17. The van der Waals surface area contributed by atoms with Crippen LogP contribution in [-0.2, 0) is 7.05 Å². The Morgan fingerprint density at radius 2 is 1.62 bits per heavy atom. The van der Waals surface area contributed by atoms with Crippen LogP contribution >= 0.6 is 0 Å². The highest BCUT2D eigenvalue weighted by molar-refractivity contribution is 5.95. The molecule has 1 aliphatic rings. The average molecular weight is 325 g/mol. The third kappa shape index (κ3) is 2.94. The smallest absolute Gasteiger partial charge is 0.263 e. The Morgan fingerprint density at radius 3 is 2.25 bits per heavy atom. The Hall–Kier alpha value is -2.56. The van der Waals surface area contributed by atoms with Crippen molar-refractivity contribution in [3.63, 3.8) is 0 Å². The molecule has 1 aromatic carbocycles. The van der Waals surface area contributed by atoms with Gasteiger partial charge in [0, 0.05) is 44.6 Å². The van der Waals surface area contributed by atoms with Crippen molar-refractivity contribution in [2.75, 3.05) is 31.1 Å². The number of carbonyl (C=O) groups excluding carboxylic acids is 1. The fourth-order valence-electron chi connectivity index (χ4n) is 3.20. The number of aryl methyl sites for hydroxylation is 2. The van der Waals surface area contributed by atoms with Crippen LogP contribution in [0.5, 0.6) is 0 Å². The van der Waals surface area contributed by atoms with Gasteiger partial charge in [0.25, 0.3) is 11.5 Å². The summed E-state index contributed by atoms with van der Waals surface area (Å²) in [5, 5.41) is 0. The van der Waals surface area contributed by atoms with Gasteiger partial charge in [0.05, 0.1) is 0 Å². The van der Waals surface area contributed by atoms with E-state index >= 15 is 0 Å². The number of hydrogen-bond donors (Lipinski definition) is 0. The minimum Gasteiger partial charge on any atom is -0.368 e. The third-order valence-corrected chi connectivity index (χ3v) is 4.77. The first-order chi connectivity index (χ1) is 11.5. The minimum atomic E-state index is -0.206. The predicted octanol–water partition coefficient (Wildman–Crippen LogP) is 1.96. The lowest BCUT2D eigenvalue weighted by Gasteiger charge is -2.36. The van der Waals surface area contributed by atoms with E-state index in [1.165, 1.54) is 5.69 Å². The molecule has 5 nitrogen and oxygen atoms in total. The van der Waals surface area contributed by atoms with Crippen molar-refractivity contribution < 1.29 is 4.79 Å². The summed E-state index contributed by atoms with van der Waals surface area (Å²) < 4.78 is 1.54. The van der Waals surface area contributed by atoms with E-state index in [-0.39, 0.29) is 11.5 Å². The number of carbonyl (C=O) groups is 1. The second-order valence-corrected chi connectivity index (χ2v) is 6.32. The molecule has 1 aromatic heterocycles. The predicted molar refractivity (Wildman–Crippen MR) is 95.7 cm³/mol. The van der Waals surface area contributed by atoms with Gasteiger partial charge in [-0.15, -0.1) is 0 Å². The quantitative estimate of drug-likeness (QED) is 0.848. The van der Waals surface area contributed by atoms with E-state index in [4.69, 9.17) is 0 Å². The highest BCUT2D eigenvalue weighted by atomic mass is 16.2. The summed E-state index contributed by atoms with van der Waals surface area (Å²) in [6, 6.07) is 12.1. The molecule has 0 unspecified atom stereocenters. The van der Waals surface area contributed by atoms with Crippen molar-refractivity contribution in [3.8, 4) is 0 Å². The van der Waals surface area contributed by atoms with Crippen LogP contribution in [0.25, 0.3) is 0 Å². The van der Waals surface area contributed by atoms with Crippen molar-refractivity contribution in [2.24, 2.45) is 7.05 Å². The van der Waals surface area contributed by atoms with Crippen LogP contribution in [0.4, 0.5) is 5.69 Å². The molecular formula is C19H23N3O2. The average Bonchev–Trinajstić information content (AvgIpc) is 2.60. The maximum atomic E-state index is 12.8. The van der Waals surface area contributed by atoms with Gasteiger partial charge in [-0.1, -0.05) is 18.2 Å². The van der Waals surface area contributed by atoms with E-state index < -0.39 is 0 Å². The van der Waals surface area contributed by atoms with E-state index in [0.717, 1.165) is 24.3 Å². The molecule has 1 fully saturated rings. The van der Waals surface area contributed by atoms with Gasteiger partial charge in [0.15, 0.2) is 0 Å². The number of aromatic nitrogens is 1. The van der Waals surface area contributed by atoms with Crippen LogP contribution < -0.4 is 10.5 Å². The van der Waals surface area contributed by atoms with Gasteiger partial charge in [0.2, 0.25) is 0 Å². The highest BCUT2D eigenvalue weighted by Gasteiger charge is 2.26. The van der Waals surface area contributed by atoms with Crippen molar-refractivity contribution in [1.82, 2.24) is 9.47 Å². The molecule has 0 spiro atoms. The number of hydrogen-bond acceptors (Lipinski definition) is 3. The zero-order valence-electron chi connectivity index (χ0n) is 14.5. The van der Waals surface area contributed by atoms with Crippen LogP contribution in [0.1, 0.15) is 21.6 Å². The standard InChI is InChI=1S/C19H23N3O2/c1-14-13-15(2)20(3)18(23)17(14)19(24)22-11-9-21(10-12-22)16-7-5-4-6-8-16/h4-8,13H,9-12H2,1-3H3. The Morgan fingerprint density at radius 1 is 1.00 bits per heavy atom. The third-order valence-electron chi connectivity index (χ3n) is 4.77. The molecule has 5 heteroatoms. The van der Waals surface area contributed by atoms with Crippen LogP contribution in [0.2, 0.25) is 0 Å². The number of rotatable bonds is 2. The van der Waals surface area contributed by atoms with Gasteiger partial charge >= 0.3 is 0 Å². The SMILES string of the molecule is Cc1cc(C)n(C)c(=O)c1C(=O)N1CCN(c2ccccc2)CC1. The van der Waals surface area contributed by atoms with Crippen molar-refractivity contribution in [2.45, 2.75) is 13.8 Å². The van der Waals surface area contributed by atoms with Crippen LogP contribution in [0.15, 0.2) is 41.2 Å². The first-order valence-corrected chi connectivity index (χ1v) is 8.25. The fourth-order valence-corrected chi connectivity index (χ4v) is 3.20. The molecule has 1 aliphatic heterocycles. The number of para-hydroxylation sites is 1. The second kappa shape index (κ2) is 6.51. The number of pyridine rings is 1. The molecule has 0 bridgehead atoms. The molecule has 2 heterocycles. The Kier molecular flexibility index (Phi) is 4.42. The molecule has 1 saturated heterocycles. The van der Waals surface area contributed by atoms with E-state index in [1.807, 2.05) is 38.1 Å². The van der Waals surface area contributed by atoms with Crippen LogP contribution in [-0.4, -0.2) is 41.6 Å². The lowest BCUT2D eigenvalue weighted by atomic mass is 10.1. The molecule has 0 radical (unpaired) electrons. The van der Waals surface area contributed by atoms with Gasteiger partial charge in [-0.25, -0.2) is 0 Å². The zero-order valence-corrected chi connectivity index (χ0v) is 14.5. The Labute approximate surface area is 142 Å². The number of anilines is 1. The maximum Gasteiger partial charge on any atom is 0.263 e. The summed E-state index contributed by atoms with van der Waals surface area (Å²) in [6.45, 7) is 6.53. The summed E-state index contributed by atoms with van der Waals surface area (Å²) >= 11 is 0. The number of piperazine rings is 1. The van der Waals surface area contributed by atoms with E-state index in [2.05, 4.69) is 17.0 Å². The molecule has 126 valence electrons. The minimum absolute atomic E-state index is 0.152. The molecule has 0 N–H and O–H groups in total. The number of nitrogens with zero attached hydrogens (tertiary/aromatic N) is 3. The summed E-state index contributed by atoms with van der Waals surface area (Å²) in [6.07, 6.45) is 0. The van der Waals surface area contributed by atoms with Gasteiger partial charge in [-0.2, -0.15) is 0 Å². The Bertz CT molecular complexity index is 803. The van der Waals surface area contributed by atoms with Crippen LogP contribution in [0, 0.1) is 13.8 Å². The van der Waals surface area contributed by atoms with Gasteiger partial charge < -0.3 is 14.4 Å². The van der Waals surface area contributed by atoms with E-state index in [9.17, 15) is 9.59 Å². The molecule has 0 aliphatic carbocycles. The molecule has 0 atom stereocenters. The lowest BCUT2D eigenvalue weighted by molar-refractivity contribution is 0.0743. The largest absolute Gasteiger partial charge is 0.368 e. The number of benzene rings is 1. The van der Waals surface area contributed by atoms with Crippen molar-refractivity contribution >= 4 is 11.6 Å². The fraction of sp³-hybridized carbons (Fsp3) is 0.368. The first-order valence-electron chi connectivity index (χ1n) is 8.25. The lowest BCUT2D eigenvalue weighted by Crippen LogP contribution is -2.50. The summed E-state index contributed by atoms with van der Waals surface area (Å²) in [5.74, 6) is -0.152. The summed E-state index contributed by atoms with van der Waals surface area (Å²) in [4.78, 5) is 29.4. The zero-order chi connectivity index (χ0) is 17.3. The summed E-state index contributed by atoms with van der Waals surface area (Å²) in [5.41, 5.74) is 2.89. The van der Waals surface area contributed by atoms with Crippen molar-refractivity contribution in [1.29, 1.82) is 0 Å². The van der Waals surface area contributed by atoms with Gasteiger partial charge in [-0.3, -0.25) is 9.59 Å².